The minimum atomic E-state index is -0.539. The number of hydrogen-bond acceptors (Lipinski definition) is 4. The zero-order valence-electron chi connectivity index (χ0n) is 14.8. The molecule has 0 bridgehead atoms. The van der Waals surface area contributed by atoms with E-state index in [1.54, 1.807) is 19.1 Å². The molecule has 0 saturated heterocycles. The van der Waals surface area contributed by atoms with Crippen molar-refractivity contribution in [3.05, 3.63) is 83.4 Å². The van der Waals surface area contributed by atoms with Crippen LogP contribution in [0.2, 0.25) is 0 Å². The minimum Gasteiger partial charge on any atom is -0.426 e. The number of amides is 1. The molecule has 5 heteroatoms. The van der Waals surface area contributed by atoms with Crippen molar-refractivity contribution in [1.29, 1.82) is 0 Å². The first-order valence-electron chi connectivity index (χ1n) is 8.57. The molecule has 1 unspecified atom stereocenters. The maximum absolute atomic E-state index is 12.6. The largest absolute Gasteiger partial charge is 0.426 e. The van der Waals surface area contributed by atoms with Gasteiger partial charge in [-0.15, -0.1) is 0 Å². The lowest BCUT2D eigenvalue weighted by atomic mass is 9.89. The number of hydrogen-bond donors (Lipinski definition) is 1. The van der Waals surface area contributed by atoms with Crippen LogP contribution >= 0.6 is 0 Å². The normalized spacial score (nSPS) is 14.4. The van der Waals surface area contributed by atoms with Crippen molar-refractivity contribution >= 4 is 23.2 Å². The fourth-order valence-electron chi connectivity index (χ4n) is 2.89. The van der Waals surface area contributed by atoms with Crippen molar-refractivity contribution in [2.75, 3.05) is 0 Å². The van der Waals surface area contributed by atoms with Crippen LogP contribution < -0.4 is 10.5 Å². The van der Waals surface area contributed by atoms with Gasteiger partial charge in [0.2, 0.25) is 5.91 Å². The lowest BCUT2D eigenvalue weighted by molar-refractivity contribution is -0.135. The molecule has 2 aromatic rings. The Labute approximate surface area is 157 Å². The average Bonchev–Trinajstić information content (AvgIpc) is 2.68. The third-order valence-corrected chi connectivity index (χ3v) is 4.42. The van der Waals surface area contributed by atoms with E-state index in [2.05, 4.69) is 0 Å². The fourth-order valence-corrected chi connectivity index (χ4v) is 2.89. The van der Waals surface area contributed by atoms with Gasteiger partial charge in [-0.05, 0) is 54.0 Å². The molecule has 0 heterocycles. The maximum atomic E-state index is 12.6. The number of allylic oxidation sites excluding steroid dienone is 4. The van der Waals surface area contributed by atoms with Crippen molar-refractivity contribution in [3.8, 4) is 5.75 Å². The molecule has 136 valence electrons. The van der Waals surface area contributed by atoms with Crippen molar-refractivity contribution in [1.82, 2.24) is 0 Å². The van der Waals surface area contributed by atoms with Gasteiger partial charge in [0.1, 0.15) is 5.75 Å². The fraction of sp³-hybridized carbons (Fsp3) is 0.136. The molecule has 1 aliphatic carbocycles. The Hall–Kier alpha value is -3.47. The number of carbonyl (C=O) groups excluding carboxylic acids is 3. The summed E-state index contributed by atoms with van der Waals surface area (Å²) in [6.07, 6.45) is 5.54. The zero-order chi connectivity index (χ0) is 19.4. The SMILES string of the molecule is CC(C(=O)Oc1ccc(C(N)=O)cc1)c1ccccc1C1=CCC(=O)C=C1. The molecule has 2 aromatic carbocycles. The maximum Gasteiger partial charge on any atom is 0.318 e. The number of ketones is 1. The number of carbonyl (C=O) groups is 3. The lowest BCUT2D eigenvalue weighted by Gasteiger charge is -2.17. The van der Waals surface area contributed by atoms with E-state index in [4.69, 9.17) is 10.5 Å². The number of esters is 1. The third kappa shape index (κ3) is 4.20. The molecule has 5 nitrogen and oxygen atoms in total. The van der Waals surface area contributed by atoms with Crippen LogP contribution in [0.3, 0.4) is 0 Å². The standard InChI is InChI=1S/C22H19NO4/c1-14(22(26)27-18-12-8-16(9-13-18)21(23)25)19-4-2-3-5-20(19)15-6-10-17(24)11-7-15/h2-10,12-14H,11H2,1H3,(H2,23,25). The van der Waals surface area contributed by atoms with Crippen LogP contribution in [-0.2, 0) is 9.59 Å². The van der Waals surface area contributed by atoms with Gasteiger partial charge in [0, 0.05) is 12.0 Å². The summed E-state index contributed by atoms with van der Waals surface area (Å²) in [7, 11) is 0. The lowest BCUT2D eigenvalue weighted by Crippen LogP contribution is -2.18. The quantitative estimate of drug-likeness (QED) is 0.653. The van der Waals surface area contributed by atoms with Crippen LogP contribution in [0.25, 0.3) is 5.57 Å². The molecule has 0 spiro atoms. The number of rotatable bonds is 5. The Morgan fingerprint density at radius 2 is 1.74 bits per heavy atom. The second kappa shape index (κ2) is 7.83. The second-order valence-corrected chi connectivity index (χ2v) is 6.28. The predicted octanol–water partition coefficient (Wildman–Crippen LogP) is 3.41. The van der Waals surface area contributed by atoms with Gasteiger partial charge in [-0.25, -0.2) is 0 Å². The predicted molar refractivity (Wildman–Crippen MR) is 102 cm³/mol. The summed E-state index contributed by atoms with van der Waals surface area (Å²) in [5.74, 6) is -1.06. The molecule has 1 atom stereocenters. The molecule has 0 aromatic heterocycles. The first kappa shape index (κ1) is 18.3. The van der Waals surface area contributed by atoms with E-state index in [-0.39, 0.29) is 5.78 Å². The topological polar surface area (TPSA) is 86.5 Å². The van der Waals surface area contributed by atoms with Gasteiger partial charge < -0.3 is 10.5 Å². The summed E-state index contributed by atoms with van der Waals surface area (Å²) in [6, 6.07) is 13.7. The Bertz CT molecular complexity index is 955. The second-order valence-electron chi connectivity index (χ2n) is 6.28. The van der Waals surface area contributed by atoms with Gasteiger partial charge in [0.05, 0.1) is 5.92 Å². The van der Waals surface area contributed by atoms with E-state index >= 15 is 0 Å². The first-order valence-corrected chi connectivity index (χ1v) is 8.57. The van der Waals surface area contributed by atoms with E-state index in [0.29, 0.717) is 17.7 Å². The van der Waals surface area contributed by atoms with Crippen molar-refractivity contribution < 1.29 is 19.1 Å². The third-order valence-electron chi connectivity index (χ3n) is 4.42. The van der Waals surface area contributed by atoms with E-state index in [0.717, 1.165) is 16.7 Å². The molecule has 0 fully saturated rings. The smallest absolute Gasteiger partial charge is 0.318 e. The Morgan fingerprint density at radius 1 is 1.04 bits per heavy atom. The van der Waals surface area contributed by atoms with Gasteiger partial charge in [-0.1, -0.05) is 36.4 Å². The zero-order valence-corrected chi connectivity index (χ0v) is 14.8. The average molecular weight is 361 g/mol. The van der Waals surface area contributed by atoms with Gasteiger partial charge in [0.15, 0.2) is 5.78 Å². The Balaban J connectivity index is 1.80. The molecule has 27 heavy (non-hydrogen) atoms. The molecular weight excluding hydrogens is 342 g/mol. The summed E-state index contributed by atoms with van der Waals surface area (Å²) in [5.41, 5.74) is 8.18. The molecule has 0 radical (unpaired) electrons. The molecule has 1 amide bonds. The highest BCUT2D eigenvalue weighted by Crippen LogP contribution is 2.29. The van der Waals surface area contributed by atoms with E-state index in [1.807, 2.05) is 30.3 Å². The van der Waals surface area contributed by atoms with Crippen LogP contribution in [-0.4, -0.2) is 17.7 Å². The van der Waals surface area contributed by atoms with Crippen LogP contribution in [0.15, 0.2) is 66.8 Å². The number of primary amides is 1. The van der Waals surface area contributed by atoms with E-state index in [1.165, 1.54) is 24.3 Å². The number of benzene rings is 2. The Kier molecular flexibility index (Phi) is 5.31. The van der Waals surface area contributed by atoms with E-state index in [9.17, 15) is 14.4 Å². The highest BCUT2D eigenvalue weighted by molar-refractivity contribution is 5.98. The number of nitrogens with two attached hydrogens (primary N) is 1. The van der Waals surface area contributed by atoms with Crippen LogP contribution in [0.1, 0.15) is 40.7 Å². The van der Waals surface area contributed by atoms with Gasteiger partial charge >= 0.3 is 5.97 Å². The number of ether oxygens (including phenoxy) is 1. The molecule has 2 N–H and O–H groups in total. The summed E-state index contributed by atoms with van der Waals surface area (Å²) < 4.78 is 5.44. The monoisotopic (exact) mass is 361 g/mol. The van der Waals surface area contributed by atoms with Crippen molar-refractivity contribution in [2.24, 2.45) is 5.73 Å². The first-order chi connectivity index (χ1) is 13.0. The molecule has 0 saturated carbocycles. The summed E-state index contributed by atoms with van der Waals surface area (Å²) >= 11 is 0. The summed E-state index contributed by atoms with van der Waals surface area (Å²) in [4.78, 5) is 35.1. The van der Waals surface area contributed by atoms with Gasteiger partial charge in [-0.3, -0.25) is 14.4 Å². The van der Waals surface area contributed by atoms with Crippen LogP contribution in [0.5, 0.6) is 5.75 Å². The van der Waals surface area contributed by atoms with Gasteiger partial charge in [-0.2, -0.15) is 0 Å². The van der Waals surface area contributed by atoms with Crippen LogP contribution in [0.4, 0.5) is 0 Å². The highest BCUT2D eigenvalue weighted by Gasteiger charge is 2.22. The van der Waals surface area contributed by atoms with Crippen molar-refractivity contribution in [2.45, 2.75) is 19.3 Å². The minimum absolute atomic E-state index is 0.0584. The van der Waals surface area contributed by atoms with Crippen molar-refractivity contribution in [3.63, 3.8) is 0 Å². The molecule has 3 rings (SSSR count). The Morgan fingerprint density at radius 3 is 2.37 bits per heavy atom. The van der Waals surface area contributed by atoms with E-state index < -0.39 is 17.8 Å². The highest BCUT2D eigenvalue weighted by atomic mass is 16.5. The van der Waals surface area contributed by atoms with Gasteiger partial charge in [0.25, 0.3) is 0 Å². The summed E-state index contributed by atoms with van der Waals surface area (Å²) in [5, 5.41) is 0. The van der Waals surface area contributed by atoms with Crippen LogP contribution in [0, 0.1) is 0 Å². The molecule has 1 aliphatic rings. The molecule has 0 aliphatic heterocycles. The molecular formula is C22H19NO4. The summed E-state index contributed by atoms with van der Waals surface area (Å²) in [6.45, 7) is 1.77.